The molecule has 1 heterocycles. The fraction of sp³-hybridized carbons (Fsp3) is 0.769. The van der Waals surface area contributed by atoms with Crippen molar-refractivity contribution < 1.29 is 4.74 Å². The van der Waals surface area contributed by atoms with E-state index in [1.54, 1.807) is 0 Å². The van der Waals surface area contributed by atoms with Gasteiger partial charge in [0.1, 0.15) is 0 Å². The van der Waals surface area contributed by atoms with Crippen LogP contribution in [0.15, 0.2) is 4.47 Å². The van der Waals surface area contributed by atoms with Crippen LogP contribution < -0.4 is 11.3 Å². The molecule has 1 fully saturated rings. The lowest BCUT2D eigenvalue weighted by Crippen LogP contribution is -2.48. The van der Waals surface area contributed by atoms with E-state index in [2.05, 4.69) is 26.5 Å². The summed E-state index contributed by atoms with van der Waals surface area (Å²) in [5.74, 6) is 6.40. The Morgan fingerprint density at radius 2 is 2.26 bits per heavy atom. The highest BCUT2D eigenvalue weighted by molar-refractivity contribution is 9.10. The Balaban J connectivity index is 2.13. The zero-order chi connectivity index (χ0) is 14.0. The van der Waals surface area contributed by atoms with Crippen molar-refractivity contribution in [3.8, 4) is 0 Å². The van der Waals surface area contributed by atoms with E-state index in [0.717, 1.165) is 28.9 Å². The van der Waals surface area contributed by atoms with Crippen LogP contribution in [0.4, 0.5) is 0 Å². The van der Waals surface area contributed by atoms with Crippen molar-refractivity contribution in [2.45, 2.75) is 45.3 Å². The SMILES string of the molecule is CCOC(C1CC1)C(Cc1c(Br)c(C)nn1C)NN. The molecule has 0 radical (unpaired) electrons. The molecule has 3 N–H and O–H groups in total. The molecule has 2 unspecified atom stereocenters. The number of aromatic nitrogens is 2. The Morgan fingerprint density at radius 1 is 1.58 bits per heavy atom. The van der Waals surface area contributed by atoms with Gasteiger partial charge >= 0.3 is 0 Å². The van der Waals surface area contributed by atoms with E-state index in [1.165, 1.54) is 12.8 Å². The average Bonchev–Trinajstić information content (AvgIpc) is 3.17. The first-order chi connectivity index (χ1) is 9.08. The van der Waals surface area contributed by atoms with Gasteiger partial charge in [0.25, 0.3) is 0 Å². The maximum absolute atomic E-state index is 5.89. The standard InChI is InChI=1S/C13H23BrN4O/c1-4-19-13(9-5-6-9)10(16-15)7-11-12(14)8(2)17-18(11)3/h9-10,13,16H,4-7,15H2,1-3H3. The normalized spacial score (nSPS) is 18.6. The van der Waals surface area contributed by atoms with Crippen LogP contribution in [-0.4, -0.2) is 28.5 Å². The number of halogens is 1. The Morgan fingerprint density at radius 3 is 2.68 bits per heavy atom. The molecule has 0 bridgehead atoms. The van der Waals surface area contributed by atoms with Crippen molar-refractivity contribution in [3.63, 3.8) is 0 Å². The summed E-state index contributed by atoms with van der Waals surface area (Å²) in [4.78, 5) is 0. The Hall–Kier alpha value is -0.430. The van der Waals surface area contributed by atoms with Crippen molar-refractivity contribution >= 4 is 15.9 Å². The second kappa shape index (κ2) is 6.35. The van der Waals surface area contributed by atoms with Gasteiger partial charge in [0.2, 0.25) is 0 Å². The third-order valence-electron chi connectivity index (χ3n) is 3.73. The van der Waals surface area contributed by atoms with Crippen LogP contribution in [0.5, 0.6) is 0 Å². The molecule has 19 heavy (non-hydrogen) atoms. The first-order valence-corrected chi connectivity index (χ1v) is 7.63. The molecule has 0 aliphatic heterocycles. The molecule has 1 aliphatic rings. The van der Waals surface area contributed by atoms with Gasteiger partial charge in [-0.3, -0.25) is 16.0 Å². The second-order valence-electron chi connectivity index (χ2n) is 5.20. The van der Waals surface area contributed by atoms with E-state index < -0.39 is 0 Å². The van der Waals surface area contributed by atoms with E-state index in [4.69, 9.17) is 10.6 Å². The average molecular weight is 331 g/mol. The number of hydrogen-bond acceptors (Lipinski definition) is 4. The van der Waals surface area contributed by atoms with E-state index >= 15 is 0 Å². The molecule has 0 spiro atoms. The Bertz CT molecular complexity index is 431. The van der Waals surface area contributed by atoms with Crippen LogP contribution in [-0.2, 0) is 18.2 Å². The van der Waals surface area contributed by atoms with E-state index in [1.807, 2.05) is 25.6 Å². The van der Waals surface area contributed by atoms with Crippen molar-refractivity contribution in [2.75, 3.05) is 6.61 Å². The molecule has 108 valence electrons. The van der Waals surface area contributed by atoms with E-state index in [-0.39, 0.29) is 12.1 Å². The molecular weight excluding hydrogens is 308 g/mol. The molecule has 1 aromatic heterocycles. The number of ether oxygens (including phenoxy) is 1. The summed E-state index contributed by atoms with van der Waals surface area (Å²) in [6.07, 6.45) is 3.50. The molecule has 2 atom stereocenters. The zero-order valence-electron chi connectivity index (χ0n) is 11.8. The fourth-order valence-corrected chi connectivity index (χ4v) is 3.08. The lowest BCUT2D eigenvalue weighted by atomic mass is 10.0. The highest BCUT2D eigenvalue weighted by atomic mass is 79.9. The quantitative estimate of drug-likeness (QED) is 0.589. The predicted molar refractivity (Wildman–Crippen MR) is 78.6 cm³/mol. The third-order valence-corrected chi connectivity index (χ3v) is 4.76. The van der Waals surface area contributed by atoms with Gasteiger partial charge in [-0.05, 0) is 48.5 Å². The molecule has 1 saturated carbocycles. The highest BCUT2D eigenvalue weighted by Gasteiger charge is 2.37. The highest BCUT2D eigenvalue weighted by Crippen LogP contribution is 2.36. The number of hydrazine groups is 1. The molecule has 1 aromatic rings. The van der Waals surface area contributed by atoms with Crippen molar-refractivity contribution in [3.05, 3.63) is 15.9 Å². The maximum Gasteiger partial charge on any atom is 0.0773 e. The Labute approximate surface area is 123 Å². The summed E-state index contributed by atoms with van der Waals surface area (Å²) in [5.41, 5.74) is 5.10. The number of nitrogens with zero attached hydrogens (tertiary/aromatic N) is 2. The number of hydrogen-bond donors (Lipinski definition) is 2. The van der Waals surface area contributed by atoms with Crippen molar-refractivity contribution in [1.29, 1.82) is 0 Å². The topological polar surface area (TPSA) is 65.1 Å². The van der Waals surface area contributed by atoms with Gasteiger partial charge in [0, 0.05) is 20.1 Å². The van der Waals surface area contributed by atoms with Gasteiger partial charge in [-0.15, -0.1) is 0 Å². The van der Waals surface area contributed by atoms with E-state index in [0.29, 0.717) is 5.92 Å². The molecule has 0 saturated heterocycles. The second-order valence-corrected chi connectivity index (χ2v) is 6.00. The molecular formula is C13H23BrN4O. The van der Waals surface area contributed by atoms with E-state index in [9.17, 15) is 0 Å². The zero-order valence-corrected chi connectivity index (χ0v) is 13.4. The van der Waals surface area contributed by atoms with Crippen LogP contribution in [0, 0.1) is 12.8 Å². The Kier molecular flexibility index (Phi) is 5.00. The molecule has 6 heteroatoms. The van der Waals surface area contributed by atoms with Gasteiger partial charge in [0.15, 0.2) is 0 Å². The number of nitrogens with one attached hydrogen (secondary N) is 1. The largest absolute Gasteiger partial charge is 0.377 e. The van der Waals surface area contributed by atoms with Crippen LogP contribution in [0.25, 0.3) is 0 Å². The lowest BCUT2D eigenvalue weighted by Gasteiger charge is -2.26. The molecule has 1 aliphatic carbocycles. The number of nitrogens with two attached hydrogens (primary N) is 1. The van der Waals surface area contributed by atoms with Crippen LogP contribution in [0.3, 0.4) is 0 Å². The minimum atomic E-state index is 0.124. The van der Waals surface area contributed by atoms with Gasteiger partial charge in [-0.2, -0.15) is 5.10 Å². The lowest BCUT2D eigenvalue weighted by molar-refractivity contribution is 0.0187. The first kappa shape index (κ1) is 15.0. The summed E-state index contributed by atoms with van der Waals surface area (Å²) in [6, 6.07) is 0.124. The van der Waals surface area contributed by atoms with Crippen LogP contribution in [0.1, 0.15) is 31.2 Å². The summed E-state index contributed by atoms with van der Waals surface area (Å²) >= 11 is 3.61. The molecule has 0 aromatic carbocycles. The summed E-state index contributed by atoms with van der Waals surface area (Å²) in [6.45, 7) is 4.76. The van der Waals surface area contributed by atoms with Crippen molar-refractivity contribution in [1.82, 2.24) is 15.2 Å². The third kappa shape index (κ3) is 3.37. The fourth-order valence-electron chi connectivity index (χ4n) is 2.58. The predicted octanol–water partition coefficient (Wildman–Crippen LogP) is 1.68. The van der Waals surface area contributed by atoms with Gasteiger partial charge in [-0.1, -0.05) is 0 Å². The summed E-state index contributed by atoms with van der Waals surface area (Å²) in [5, 5.41) is 4.42. The maximum atomic E-state index is 5.89. The monoisotopic (exact) mass is 330 g/mol. The summed E-state index contributed by atoms with van der Waals surface area (Å²) in [7, 11) is 1.97. The van der Waals surface area contributed by atoms with Crippen LogP contribution in [0.2, 0.25) is 0 Å². The molecule has 2 rings (SSSR count). The number of rotatable bonds is 7. The minimum absolute atomic E-state index is 0.124. The van der Waals surface area contributed by atoms with Gasteiger partial charge < -0.3 is 4.74 Å². The molecule has 0 amide bonds. The summed E-state index contributed by atoms with van der Waals surface area (Å²) < 4.78 is 8.88. The number of aryl methyl sites for hydroxylation is 2. The molecule has 5 nitrogen and oxygen atoms in total. The smallest absolute Gasteiger partial charge is 0.0773 e. The minimum Gasteiger partial charge on any atom is -0.377 e. The van der Waals surface area contributed by atoms with Gasteiger partial charge in [-0.25, -0.2) is 0 Å². The van der Waals surface area contributed by atoms with Crippen molar-refractivity contribution in [2.24, 2.45) is 18.8 Å². The van der Waals surface area contributed by atoms with Crippen LogP contribution >= 0.6 is 15.9 Å². The first-order valence-electron chi connectivity index (χ1n) is 6.84. The van der Waals surface area contributed by atoms with Gasteiger partial charge in [0.05, 0.1) is 28.0 Å².